The molecule has 1 aromatic carbocycles. The molecule has 24 heavy (non-hydrogen) atoms. The molecule has 0 amide bonds. The molecule has 6 heteroatoms. The molecule has 0 unspecified atom stereocenters. The van der Waals surface area contributed by atoms with Crippen molar-refractivity contribution in [2.45, 2.75) is 32.2 Å². The fourth-order valence-corrected chi connectivity index (χ4v) is 3.12. The minimum absolute atomic E-state index is 0.0177. The van der Waals surface area contributed by atoms with Gasteiger partial charge in [-0.1, -0.05) is 24.3 Å². The molecule has 0 spiro atoms. The fourth-order valence-electron chi connectivity index (χ4n) is 3.12. The number of likely N-dealkylation sites (N-methyl/N-ethyl adjacent to an activating group) is 1. The average molecular weight is 332 g/mol. The molecule has 1 fully saturated rings. The van der Waals surface area contributed by atoms with Gasteiger partial charge in [0.15, 0.2) is 0 Å². The highest BCUT2D eigenvalue weighted by Gasteiger charge is 2.18. The number of aryl methyl sites for hydroxylation is 1. The first-order valence-electron chi connectivity index (χ1n) is 8.21. The van der Waals surface area contributed by atoms with E-state index in [0.717, 1.165) is 42.1 Å². The van der Waals surface area contributed by atoms with Crippen molar-refractivity contribution in [1.29, 1.82) is 0 Å². The number of benzene rings is 1. The molecule has 1 saturated heterocycles. The minimum Gasteiger partial charge on any atom is -0.365 e. The van der Waals surface area contributed by atoms with Crippen molar-refractivity contribution >= 4 is 5.82 Å². The molecular weight excluding hydrogens is 310 g/mol. The Balaban J connectivity index is 1.74. The summed E-state index contributed by atoms with van der Waals surface area (Å²) in [4.78, 5) is 2.31. The zero-order chi connectivity index (χ0) is 17.1. The molecule has 1 aromatic heterocycles. The predicted octanol–water partition coefficient (Wildman–Crippen LogP) is 3.90. The van der Waals surface area contributed by atoms with E-state index in [9.17, 15) is 8.78 Å². The van der Waals surface area contributed by atoms with Crippen LogP contribution >= 0.6 is 0 Å². The van der Waals surface area contributed by atoms with Gasteiger partial charge in [-0.25, -0.2) is 8.78 Å². The number of likely N-dealkylation sites (tertiary alicyclic amines) is 1. The largest absolute Gasteiger partial charge is 0.365 e. The van der Waals surface area contributed by atoms with E-state index in [1.54, 1.807) is 12.1 Å². The van der Waals surface area contributed by atoms with Gasteiger partial charge in [0.05, 0.1) is 5.69 Å². The molecule has 0 saturated carbocycles. The molecule has 1 aliphatic heterocycles. The van der Waals surface area contributed by atoms with Crippen LogP contribution in [0.5, 0.6) is 0 Å². The van der Waals surface area contributed by atoms with E-state index in [1.807, 2.05) is 13.0 Å². The van der Waals surface area contributed by atoms with Crippen LogP contribution in [0.3, 0.4) is 0 Å². The van der Waals surface area contributed by atoms with Crippen LogP contribution in [0.2, 0.25) is 0 Å². The zero-order valence-electron chi connectivity index (χ0n) is 14.0. The highest BCUT2D eigenvalue weighted by molar-refractivity contribution is 5.64. The Morgan fingerprint density at radius 2 is 1.96 bits per heavy atom. The summed E-state index contributed by atoms with van der Waals surface area (Å²) in [6.45, 7) is 4.09. The Bertz CT molecular complexity index is 688. The predicted molar refractivity (Wildman–Crippen MR) is 91.3 cm³/mol. The lowest BCUT2D eigenvalue weighted by Crippen LogP contribution is -2.39. The molecule has 128 valence electrons. The molecule has 3 rings (SSSR count). The second-order valence-corrected chi connectivity index (χ2v) is 6.43. The van der Waals surface area contributed by atoms with E-state index in [-0.39, 0.29) is 5.56 Å². The van der Waals surface area contributed by atoms with Crippen molar-refractivity contribution in [3.63, 3.8) is 0 Å². The maximum Gasteiger partial charge on any atom is 0.263 e. The van der Waals surface area contributed by atoms with Gasteiger partial charge < -0.3 is 10.2 Å². The molecule has 1 aliphatic rings. The van der Waals surface area contributed by atoms with E-state index >= 15 is 0 Å². The summed E-state index contributed by atoms with van der Waals surface area (Å²) in [6, 6.07) is 8.56. The molecule has 0 radical (unpaired) electrons. The van der Waals surface area contributed by atoms with Crippen molar-refractivity contribution < 1.29 is 8.78 Å². The summed E-state index contributed by atoms with van der Waals surface area (Å²) in [6.07, 6.45) is -0.150. The smallest absolute Gasteiger partial charge is 0.263 e. The molecule has 2 heterocycles. The first-order valence-corrected chi connectivity index (χ1v) is 8.21. The lowest BCUT2D eigenvalue weighted by molar-refractivity contribution is 0.151. The first kappa shape index (κ1) is 16.8. The first-order chi connectivity index (χ1) is 11.5. The molecule has 0 aliphatic carbocycles. The number of piperidine rings is 1. The van der Waals surface area contributed by atoms with Crippen LogP contribution in [0.15, 0.2) is 30.3 Å². The number of rotatable bonds is 4. The second kappa shape index (κ2) is 7.21. The third kappa shape index (κ3) is 3.87. The lowest BCUT2D eigenvalue weighted by Gasteiger charge is -2.30. The number of hydrogen-bond acceptors (Lipinski definition) is 4. The molecule has 2 aromatic rings. The Labute approximate surface area is 140 Å². The van der Waals surface area contributed by atoms with Gasteiger partial charge in [-0.3, -0.25) is 0 Å². The number of halogens is 2. The SMILES string of the molecule is Cc1cc(N[C@@H]2CCCN(C)C2)nnc1-c1ccc(C(F)F)cc1. The maximum atomic E-state index is 12.6. The van der Waals surface area contributed by atoms with Crippen molar-refractivity contribution in [3.8, 4) is 11.3 Å². The number of hydrogen-bond donors (Lipinski definition) is 1. The Morgan fingerprint density at radius 1 is 1.21 bits per heavy atom. The fraction of sp³-hybridized carbons (Fsp3) is 0.444. The van der Waals surface area contributed by atoms with Gasteiger partial charge in [0, 0.05) is 23.7 Å². The molecule has 0 bridgehead atoms. The number of alkyl halides is 2. The number of nitrogens with one attached hydrogen (secondary N) is 1. The van der Waals surface area contributed by atoms with Crippen molar-refractivity contribution in [2.75, 3.05) is 25.5 Å². The van der Waals surface area contributed by atoms with Crippen molar-refractivity contribution in [1.82, 2.24) is 15.1 Å². The highest BCUT2D eigenvalue weighted by atomic mass is 19.3. The molecule has 4 nitrogen and oxygen atoms in total. The summed E-state index contributed by atoms with van der Waals surface area (Å²) in [5, 5.41) is 12.0. The van der Waals surface area contributed by atoms with Gasteiger partial charge >= 0.3 is 0 Å². The van der Waals surface area contributed by atoms with Gasteiger partial charge in [0.1, 0.15) is 5.82 Å². The summed E-state index contributed by atoms with van der Waals surface area (Å²) in [5.41, 5.74) is 2.51. The summed E-state index contributed by atoms with van der Waals surface area (Å²) in [5.74, 6) is 0.765. The van der Waals surface area contributed by atoms with E-state index in [1.165, 1.54) is 18.6 Å². The monoisotopic (exact) mass is 332 g/mol. The Morgan fingerprint density at radius 3 is 2.58 bits per heavy atom. The van der Waals surface area contributed by atoms with Crippen LogP contribution in [-0.4, -0.2) is 41.3 Å². The molecule has 1 atom stereocenters. The van der Waals surface area contributed by atoms with E-state index in [4.69, 9.17) is 0 Å². The van der Waals surface area contributed by atoms with Crippen LogP contribution in [0.1, 0.15) is 30.4 Å². The molecule has 1 N–H and O–H groups in total. The number of anilines is 1. The zero-order valence-corrected chi connectivity index (χ0v) is 14.0. The normalized spacial score (nSPS) is 18.8. The van der Waals surface area contributed by atoms with Crippen molar-refractivity contribution in [2.24, 2.45) is 0 Å². The third-order valence-corrected chi connectivity index (χ3v) is 4.40. The van der Waals surface area contributed by atoms with Gasteiger partial charge in [-0.2, -0.15) is 0 Å². The van der Waals surface area contributed by atoms with Crippen LogP contribution in [0, 0.1) is 6.92 Å². The minimum atomic E-state index is -2.45. The Kier molecular flexibility index (Phi) is 5.04. The third-order valence-electron chi connectivity index (χ3n) is 4.40. The van der Waals surface area contributed by atoms with Gasteiger partial charge in [-0.15, -0.1) is 10.2 Å². The summed E-state index contributed by atoms with van der Waals surface area (Å²) >= 11 is 0. The number of aromatic nitrogens is 2. The lowest BCUT2D eigenvalue weighted by atomic mass is 10.0. The number of nitrogens with zero attached hydrogens (tertiary/aromatic N) is 3. The van der Waals surface area contributed by atoms with Crippen LogP contribution < -0.4 is 5.32 Å². The van der Waals surface area contributed by atoms with Gasteiger partial charge in [0.2, 0.25) is 0 Å². The standard InChI is InChI=1S/C18H22F2N4/c1-12-10-16(21-15-4-3-9-24(2)11-15)22-23-17(12)13-5-7-14(8-6-13)18(19)20/h5-8,10,15,18H,3-4,9,11H2,1-2H3,(H,21,22)/t15-/m1/s1. The highest BCUT2D eigenvalue weighted by Crippen LogP contribution is 2.26. The quantitative estimate of drug-likeness (QED) is 0.922. The van der Waals surface area contributed by atoms with E-state index < -0.39 is 6.43 Å². The van der Waals surface area contributed by atoms with E-state index in [0.29, 0.717) is 6.04 Å². The van der Waals surface area contributed by atoms with Gasteiger partial charge in [-0.05, 0) is 45.0 Å². The Hall–Kier alpha value is -2.08. The van der Waals surface area contributed by atoms with Crippen LogP contribution in [0.25, 0.3) is 11.3 Å². The topological polar surface area (TPSA) is 41.0 Å². The maximum absolute atomic E-state index is 12.6. The summed E-state index contributed by atoms with van der Waals surface area (Å²) < 4.78 is 25.3. The van der Waals surface area contributed by atoms with E-state index in [2.05, 4.69) is 27.5 Å². The second-order valence-electron chi connectivity index (χ2n) is 6.43. The molecular formula is C18H22F2N4. The van der Waals surface area contributed by atoms with Gasteiger partial charge in [0.25, 0.3) is 6.43 Å². The van der Waals surface area contributed by atoms with Crippen LogP contribution in [-0.2, 0) is 0 Å². The van der Waals surface area contributed by atoms with Crippen LogP contribution in [0.4, 0.5) is 14.6 Å². The van der Waals surface area contributed by atoms with Crippen molar-refractivity contribution in [3.05, 3.63) is 41.5 Å². The summed E-state index contributed by atoms with van der Waals surface area (Å²) in [7, 11) is 2.12. The average Bonchev–Trinajstić information content (AvgIpc) is 2.55.